The summed E-state index contributed by atoms with van der Waals surface area (Å²) in [4.78, 5) is 25.5. The number of rotatable bonds is 5. The number of carboxylic acid groups (broad SMARTS) is 1. The summed E-state index contributed by atoms with van der Waals surface area (Å²) in [5.74, 6) is -2.32. The minimum Gasteiger partial charge on any atom is -0.481 e. The van der Waals surface area contributed by atoms with Crippen LogP contribution in [0.2, 0.25) is 0 Å². The summed E-state index contributed by atoms with van der Waals surface area (Å²) in [5, 5.41) is 11.4. The maximum absolute atomic E-state index is 13.0. The minimum absolute atomic E-state index is 0.0368. The third kappa shape index (κ3) is 6.47. The highest BCUT2D eigenvalue weighted by molar-refractivity contribution is 6.04. The van der Waals surface area contributed by atoms with E-state index < -0.39 is 40.9 Å². The highest BCUT2D eigenvalue weighted by Crippen LogP contribution is 2.36. The Morgan fingerprint density at radius 1 is 0.939 bits per heavy atom. The molecular weight excluding hydrogens is 454 g/mol. The lowest BCUT2D eigenvalue weighted by molar-refractivity contribution is -0.144. The van der Waals surface area contributed by atoms with E-state index in [-0.39, 0.29) is 17.7 Å². The molecule has 1 aliphatic rings. The largest absolute Gasteiger partial charge is 0.481 e. The first-order chi connectivity index (χ1) is 15.3. The summed E-state index contributed by atoms with van der Waals surface area (Å²) in [6.07, 6.45) is -9.10. The standard InChI is InChI=1S/C22H20F6N2O3/c23-21(24,25)16-9-15(10-17(11-16)22(26,27)28)19(31)29-18-3-1-2-13(8-18)12-30-6-4-14(5-7-30)20(32)33/h1-3,8-11,14H,4-7,12H2,(H,29,31)(H,32,33). The van der Waals surface area contributed by atoms with Crippen LogP contribution in [0.4, 0.5) is 32.0 Å². The van der Waals surface area contributed by atoms with Gasteiger partial charge in [-0.15, -0.1) is 0 Å². The van der Waals surface area contributed by atoms with E-state index in [1.54, 1.807) is 18.2 Å². The second-order valence-electron chi connectivity index (χ2n) is 7.84. The quantitative estimate of drug-likeness (QED) is 0.580. The Bertz CT molecular complexity index is 995. The van der Waals surface area contributed by atoms with Gasteiger partial charge >= 0.3 is 18.3 Å². The van der Waals surface area contributed by atoms with E-state index in [0.717, 1.165) is 5.56 Å². The number of carboxylic acids is 1. The molecule has 1 amide bonds. The summed E-state index contributed by atoms with van der Waals surface area (Å²) in [5.41, 5.74) is -2.94. The Labute approximate surface area is 185 Å². The van der Waals surface area contributed by atoms with E-state index in [9.17, 15) is 35.9 Å². The summed E-state index contributed by atoms with van der Waals surface area (Å²) in [6, 6.07) is 7.11. The highest BCUT2D eigenvalue weighted by Gasteiger charge is 2.37. The van der Waals surface area contributed by atoms with Crippen molar-refractivity contribution in [2.75, 3.05) is 18.4 Å². The first-order valence-electron chi connectivity index (χ1n) is 9.98. The number of benzene rings is 2. The van der Waals surface area contributed by atoms with Crippen LogP contribution in [-0.2, 0) is 23.7 Å². The van der Waals surface area contributed by atoms with E-state index in [1.165, 1.54) is 6.07 Å². The van der Waals surface area contributed by atoms with Crippen LogP contribution in [0, 0.1) is 5.92 Å². The third-order valence-electron chi connectivity index (χ3n) is 5.38. The van der Waals surface area contributed by atoms with Gasteiger partial charge in [0.25, 0.3) is 5.91 Å². The Morgan fingerprint density at radius 3 is 2.03 bits per heavy atom. The van der Waals surface area contributed by atoms with Gasteiger partial charge in [-0.3, -0.25) is 14.5 Å². The fourth-order valence-electron chi connectivity index (χ4n) is 3.63. The Morgan fingerprint density at radius 2 is 1.52 bits per heavy atom. The molecule has 1 fully saturated rings. The summed E-state index contributed by atoms with van der Waals surface area (Å²) < 4.78 is 78.2. The molecule has 1 aliphatic heterocycles. The molecule has 1 saturated heterocycles. The average molecular weight is 474 g/mol. The Balaban J connectivity index is 1.74. The number of carbonyl (C=O) groups is 2. The molecule has 33 heavy (non-hydrogen) atoms. The van der Waals surface area contributed by atoms with Gasteiger partial charge in [0.05, 0.1) is 17.0 Å². The number of piperidine rings is 1. The molecular formula is C22H20F6N2O3. The lowest BCUT2D eigenvalue weighted by Crippen LogP contribution is -2.35. The van der Waals surface area contributed by atoms with Gasteiger partial charge in [-0.25, -0.2) is 0 Å². The van der Waals surface area contributed by atoms with Crippen LogP contribution >= 0.6 is 0 Å². The van der Waals surface area contributed by atoms with Gasteiger partial charge in [0, 0.05) is 17.8 Å². The highest BCUT2D eigenvalue weighted by atomic mass is 19.4. The third-order valence-corrected chi connectivity index (χ3v) is 5.38. The van der Waals surface area contributed by atoms with Crippen molar-refractivity contribution in [3.05, 3.63) is 64.7 Å². The molecule has 2 aromatic rings. The number of alkyl halides is 6. The Kier molecular flexibility index (Phi) is 7.01. The molecule has 0 saturated carbocycles. The van der Waals surface area contributed by atoms with Crippen molar-refractivity contribution in [3.63, 3.8) is 0 Å². The molecule has 0 aliphatic carbocycles. The van der Waals surface area contributed by atoms with E-state index >= 15 is 0 Å². The van der Waals surface area contributed by atoms with Gasteiger partial charge in [0.2, 0.25) is 0 Å². The van der Waals surface area contributed by atoms with Crippen LogP contribution in [0.25, 0.3) is 0 Å². The lowest BCUT2D eigenvalue weighted by Gasteiger charge is -2.30. The number of anilines is 1. The van der Waals surface area contributed by atoms with Gasteiger partial charge in [0.15, 0.2) is 0 Å². The van der Waals surface area contributed by atoms with Crippen LogP contribution in [-0.4, -0.2) is 35.0 Å². The van der Waals surface area contributed by atoms with Crippen molar-refractivity contribution < 1.29 is 41.0 Å². The van der Waals surface area contributed by atoms with Crippen LogP contribution < -0.4 is 5.32 Å². The number of hydrogen-bond acceptors (Lipinski definition) is 3. The first-order valence-corrected chi connectivity index (χ1v) is 9.98. The molecule has 3 rings (SSSR count). The van der Waals surface area contributed by atoms with Crippen LogP contribution in [0.1, 0.15) is 39.9 Å². The molecule has 2 N–H and O–H groups in total. The molecule has 5 nitrogen and oxygen atoms in total. The van der Waals surface area contributed by atoms with Crippen molar-refractivity contribution in [3.8, 4) is 0 Å². The lowest BCUT2D eigenvalue weighted by atomic mass is 9.97. The van der Waals surface area contributed by atoms with Crippen LogP contribution in [0.15, 0.2) is 42.5 Å². The second-order valence-corrected chi connectivity index (χ2v) is 7.84. The number of likely N-dealkylation sites (tertiary alicyclic amines) is 1. The molecule has 178 valence electrons. The predicted octanol–water partition coefficient (Wildman–Crippen LogP) is 5.27. The van der Waals surface area contributed by atoms with Crippen molar-refractivity contribution in [1.29, 1.82) is 0 Å². The molecule has 0 radical (unpaired) electrons. The van der Waals surface area contributed by atoms with Gasteiger partial charge in [-0.05, 0) is 61.8 Å². The number of nitrogens with one attached hydrogen (secondary N) is 1. The monoisotopic (exact) mass is 474 g/mol. The fourth-order valence-corrected chi connectivity index (χ4v) is 3.63. The van der Waals surface area contributed by atoms with E-state index in [1.807, 2.05) is 4.90 Å². The maximum atomic E-state index is 13.0. The molecule has 0 bridgehead atoms. The number of halogens is 6. The predicted molar refractivity (Wildman–Crippen MR) is 106 cm³/mol. The number of hydrogen-bond donors (Lipinski definition) is 2. The van der Waals surface area contributed by atoms with Gasteiger partial charge in [-0.1, -0.05) is 12.1 Å². The number of aliphatic carboxylic acids is 1. The number of amides is 1. The van der Waals surface area contributed by atoms with E-state index in [2.05, 4.69) is 5.32 Å². The normalized spacial score (nSPS) is 15.9. The zero-order chi connectivity index (χ0) is 24.4. The fraction of sp³-hybridized carbons (Fsp3) is 0.364. The molecule has 0 unspecified atom stereocenters. The van der Waals surface area contributed by atoms with E-state index in [4.69, 9.17) is 5.11 Å². The van der Waals surface area contributed by atoms with Crippen molar-refractivity contribution in [2.45, 2.75) is 31.7 Å². The zero-order valence-corrected chi connectivity index (χ0v) is 17.1. The maximum Gasteiger partial charge on any atom is 0.416 e. The second kappa shape index (κ2) is 9.42. The van der Waals surface area contributed by atoms with E-state index in [0.29, 0.717) is 44.6 Å². The molecule has 11 heteroatoms. The minimum atomic E-state index is -5.05. The molecule has 2 aromatic carbocycles. The van der Waals surface area contributed by atoms with Gasteiger partial charge < -0.3 is 10.4 Å². The SMILES string of the molecule is O=C(Nc1cccc(CN2CCC(C(=O)O)CC2)c1)c1cc(C(F)(F)F)cc(C(F)(F)F)c1. The van der Waals surface area contributed by atoms with Crippen molar-refractivity contribution in [1.82, 2.24) is 4.90 Å². The molecule has 0 aromatic heterocycles. The average Bonchev–Trinajstić information content (AvgIpc) is 2.73. The topological polar surface area (TPSA) is 69.6 Å². The smallest absolute Gasteiger partial charge is 0.416 e. The zero-order valence-electron chi connectivity index (χ0n) is 17.1. The summed E-state index contributed by atoms with van der Waals surface area (Å²) in [6.45, 7) is 1.59. The molecule has 0 spiro atoms. The first kappa shape index (κ1) is 24.6. The van der Waals surface area contributed by atoms with Crippen molar-refractivity contribution >= 4 is 17.6 Å². The van der Waals surface area contributed by atoms with Gasteiger partial charge in [0.1, 0.15) is 0 Å². The Hall–Kier alpha value is -3.08. The number of carbonyl (C=O) groups excluding carboxylic acids is 1. The molecule has 0 atom stereocenters. The van der Waals surface area contributed by atoms with Crippen LogP contribution in [0.3, 0.4) is 0 Å². The molecule has 1 heterocycles. The van der Waals surface area contributed by atoms with Crippen LogP contribution in [0.5, 0.6) is 0 Å². The summed E-state index contributed by atoms with van der Waals surface area (Å²) in [7, 11) is 0. The summed E-state index contributed by atoms with van der Waals surface area (Å²) >= 11 is 0. The van der Waals surface area contributed by atoms with Gasteiger partial charge in [-0.2, -0.15) is 26.3 Å². The van der Waals surface area contributed by atoms with Crippen molar-refractivity contribution in [2.24, 2.45) is 5.92 Å². The number of nitrogens with zero attached hydrogens (tertiary/aromatic N) is 1.